The predicted molar refractivity (Wildman–Crippen MR) is 75.5 cm³/mol. The summed E-state index contributed by atoms with van der Waals surface area (Å²) in [4.78, 5) is 23.6. The number of amides is 1. The van der Waals surface area contributed by atoms with Crippen LogP contribution in [0, 0.1) is 25.7 Å². The van der Waals surface area contributed by atoms with E-state index < -0.39 is 17.8 Å². The summed E-state index contributed by atoms with van der Waals surface area (Å²) in [5.74, 6) is -1.69. The molecule has 0 fully saturated rings. The highest BCUT2D eigenvalue weighted by Crippen LogP contribution is 2.28. The SMILES string of the molecule is Cc1noc(C)c1C(C)NC(=O)C1CC=CCC1C(=O)O. The van der Waals surface area contributed by atoms with Gasteiger partial charge in [0.05, 0.1) is 23.6 Å². The van der Waals surface area contributed by atoms with Gasteiger partial charge in [0.25, 0.3) is 0 Å². The van der Waals surface area contributed by atoms with Crippen molar-refractivity contribution in [2.45, 2.75) is 39.7 Å². The van der Waals surface area contributed by atoms with E-state index in [0.29, 0.717) is 18.6 Å². The van der Waals surface area contributed by atoms with Gasteiger partial charge in [-0.2, -0.15) is 0 Å². The van der Waals surface area contributed by atoms with Crippen molar-refractivity contribution >= 4 is 11.9 Å². The van der Waals surface area contributed by atoms with Crippen LogP contribution in [0.3, 0.4) is 0 Å². The molecule has 1 aliphatic rings. The Balaban J connectivity index is 2.10. The summed E-state index contributed by atoms with van der Waals surface area (Å²) in [6.07, 6.45) is 4.54. The lowest BCUT2D eigenvalue weighted by Gasteiger charge is -2.26. The van der Waals surface area contributed by atoms with Gasteiger partial charge in [-0.1, -0.05) is 17.3 Å². The molecule has 0 saturated carbocycles. The van der Waals surface area contributed by atoms with Gasteiger partial charge in [-0.05, 0) is 33.6 Å². The van der Waals surface area contributed by atoms with Gasteiger partial charge >= 0.3 is 5.97 Å². The molecular weight excluding hydrogens is 272 g/mol. The molecular formula is C15H20N2O4. The van der Waals surface area contributed by atoms with Crippen LogP contribution in [0.5, 0.6) is 0 Å². The van der Waals surface area contributed by atoms with Gasteiger partial charge in [0.15, 0.2) is 0 Å². The van der Waals surface area contributed by atoms with Crippen molar-refractivity contribution < 1.29 is 19.2 Å². The number of carboxylic acid groups (broad SMARTS) is 1. The van der Waals surface area contributed by atoms with Gasteiger partial charge in [0.2, 0.25) is 5.91 Å². The van der Waals surface area contributed by atoms with Gasteiger partial charge in [0.1, 0.15) is 5.76 Å². The fourth-order valence-electron chi connectivity index (χ4n) is 2.88. The lowest BCUT2D eigenvalue weighted by molar-refractivity contribution is -0.147. The maximum absolute atomic E-state index is 12.4. The first-order valence-electron chi connectivity index (χ1n) is 7.02. The second-order valence-electron chi connectivity index (χ2n) is 5.46. The Morgan fingerprint density at radius 1 is 1.33 bits per heavy atom. The third-order valence-corrected chi connectivity index (χ3v) is 3.97. The number of allylic oxidation sites excluding steroid dienone is 2. The van der Waals surface area contributed by atoms with Crippen LogP contribution >= 0.6 is 0 Å². The summed E-state index contributed by atoms with van der Waals surface area (Å²) in [5, 5.41) is 16.0. The smallest absolute Gasteiger partial charge is 0.307 e. The van der Waals surface area contributed by atoms with E-state index in [9.17, 15) is 14.7 Å². The highest BCUT2D eigenvalue weighted by atomic mass is 16.5. The third-order valence-electron chi connectivity index (χ3n) is 3.97. The number of rotatable bonds is 4. The minimum atomic E-state index is -0.926. The zero-order valence-electron chi connectivity index (χ0n) is 12.4. The molecule has 1 amide bonds. The first-order valence-corrected chi connectivity index (χ1v) is 7.02. The molecule has 6 nitrogen and oxygen atoms in total. The second kappa shape index (κ2) is 6.11. The Hall–Kier alpha value is -2.11. The average molecular weight is 292 g/mol. The van der Waals surface area contributed by atoms with Gasteiger partial charge in [0, 0.05) is 5.56 Å². The molecule has 1 aromatic heterocycles. The van der Waals surface area contributed by atoms with Crippen molar-refractivity contribution in [1.82, 2.24) is 10.5 Å². The highest BCUT2D eigenvalue weighted by molar-refractivity contribution is 5.85. The van der Waals surface area contributed by atoms with Gasteiger partial charge in [-0.15, -0.1) is 0 Å². The van der Waals surface area contributed by atoms with E-state index in [4.69, 9.17) is 4.52 Å². The molecule has 3 atom stereocenters. The highest BCUT2D eigenvalue weighted by Gasteiger charge is 2.34. The molecule has 0 spiro atoms. The molecule has 0 bridgehead atoms. The van der Waals surface area contributed by atoms with Crippen LogP contribution in [0.1, 0.15) is 42.8 Å². The molecule has 2 rings (SSSR count). The molecule has 114 valence electrons. The third kappa shape index (κ3) is 3.15. The summed E-state index contributed by atoms with van der Waals surface area (Å²) in [7, 11) is 0. The number of carbonyl (C=O) groups excluding carboxylic acids is 1. The van der Waals surface area contributed by atoms with Crippen LogP contribution in [0.15, 0.2) is 16.7 Å². The molecule has 2 N–H and O–H groups in total. The maximum Gasteiger partial charge on any atom is 0.307 e. The zero-order chi connectivity index (χ0) is 15.6. The molecule has 3 unspecified atom stereocenters. The maximum atomic E-state index is 12.4. The first-order chi connectivity index (χ1) is 9.91. The lowest BCUT2D eigenvalue weighted by atomic mass is 9.82. The van der Waals surface area contributed by atoms with E-state index >= 15 is 0 Å². The summed E-state index contributed by atoms with van der Waals surface area (Å²) in [5.41, 5.74) is 1.58. The zero-order valence-corrected chi connectivity index (χ0v) is 12.4. The molecule has 1 aromatic rings. The minimum absolute atomic E-state index is 0.237. The molecule has 0 radical (unpaired) electrons. The van der Waals surface area contributed by atoms with Crippen molar-refractivity contribution in [1.29, 1.82) is 0 Å². The molecule has 0 saturated heterocycles. The monoisotopic (exact) mass is 292 g/mol. The van der Waals surface area contributed by atoms with Crippen LogP contribution < -0.4 is 5.32 Å². The standard InChI is InChI=1S/C15H20N2O4/c1-8(13-9(2)17-21-10(13)3)16-14(18)11-6-4-5-7-12(11)15(19)20/h4-5,8,11-12H,6-7H2,1-3H3,(H,16,18)(H,19,20). The quantitative estimate of drug-likeness (QED) is 0.829. The number of nitrogens with one attached hydrogen (secondary N) is 1. The van der Waals surface area contributed by atoms with Crippen LogP contribution in [-0.2, 0) is 9.59 Å². The molecule has 1 heterocycles. The van der Waals surface area contributed by atoms with Crippen LogP contribution in [0.25, 0.3) is 0 Å². The van der Waals surface area contributed by atoms with Crippen molar-refractivity contribution in [2.24, 2.45) is 11.8 Å². The van der Waals surface area contributed by atoms with Crippen molar-refractivity contribution in [3.8, 4) is 0 Å². The van der Waals surface area contributed by atoms with E-state index in [-0.39, 0.29) is 11.9 Å². The van der Waals surface area contributed by atoms with Crippen molar-refractivity contribution in [2.75, 3.05) is 0 Å². The Kier molecular flexibility index (Phi) is 4.45. The molecule has 1 aliphatic carbocycles. The second-order valence-corrected chi connectivity index (χ2v) is 5.46. The number of aliphatic carboxylic acids is 1. The Labute approximate surface area is 123 Å². The van der Waals surface area contributed by atoms with E-state index in [0.717, 1.165) is 11.3 Å². The van der Waals surface area contributed by atoms with Gasteiger partial charge in [-0.3, -0.25) is 9.59 Å². The van der Waals surface area contributed by atoms with Gasteiger partial charge < -0.3 is 14.9 Å². The van der Waals surface area contributed by atoms with Crippen molar-refractivity contribution in [3.05, 3.63) is 29.2 Å². The number of carbonyl (C=O) groups is 2. The van der Waals surface area contributed by atoms with Crippen LogP contribution in [-0.4, -0.2) is 22.1 Å². The summed E-state index contributed by atoms with van der Waals surface area (Å²) >= 11 is 0. The van der Waals surface area contributed by atoms with Crippen LogP contribution in [0.4, 0.5) is 0 Å². The number of aryl methyl sites for hydroxylation is 2. The Morgan fingerprint density at radius 2 is 1.95 bits per heavy atom. The predicted octanol–water partition coefficient (Wildman–Crippen LogP) is 2.14. The largest absolute Gasteiger partial charge is 0.481 e. The molecule has 21 heavy (non-hydrogen) atoms. The summed E-state index contributed by atoms with van der Waals surface area (Å²) in [6, 6.07) is -0.260. The van der Waals surface area contributed by atoms with Crippen LogP contribution in [0.2, 0.25) is 0 Å². The fraction of sp³-hybridized carbons (Fsp3) is 0.533. The number of hydrogen-bond acceptors (Lipinski definition) is 4. The summed E-state index contributed by atoms with van der Waals surface area (Å²) in [6.45, 7) is 5.46. The van der Waals surface area contributed by atoms with E-state index in [1.165, 1.54) is 0 Å². The van der Waals surface area contributed by atoms with E-state index in [1.54, 1.807) is 6.92 Å². The molecule has 6 heteroatoms. The Morgan fingerprint density at radius 3 is 2.48 bits per heavy atom. The normalized spacial score (nSPS) is 22.8. The fourth-order valence-corrected chi connectivity index (χ4v) is 2.88. The number of hydrogen-bond donors (Lipinski definition) is 2. The van der Waals surface area contributed by atoms with E-state index in [2.05, 4.69) is 10.5 Å². The molecule has 0 aromatic carbocycles. The topological polar surface area (TPSA) is 92.4 Å². The minimum Gasteiger partial charge on any atom is -0.481 e. The van der Waals surface area contributed by atoms with Crippen molar-refractivity contribution in [3.63, 3.8) is 0 Å². The van der Waals surface area contributed by atoms with E-state index in [1.807, 2.05) is 26.0 Å². The lowest BCUT2D eigenvalue weighted by Crippen LogP contribution is -2.40. The first kappa shape index (κ1) is 15.3. The van der Waals surface area contributed by atoms with Gasteiger partial charge in [-0.25, -0.2) is 0 Å². The Bertz CT molecular complexity index is 557. The number of carboxylic acids is 1. The number of aromatic nitrogens is 1. The molecule has 0 aliphatic heterocycles. The summed E-state index contributed by atoms with van der Waals surface area (Å²) < 4.78 is 5.10. The number of nitrogens with zero attached hydrogens (tertiary/aromatic N) is 1. The average Bonchev–Trinajstić information content (AvgIpc) is 2.78.